The fraction of sp³-hybridized carbons (Fsp3) is 0.333. The molecule has 0 aliphatic carbocycles. The third-order valence-corrected chi connectivity index (χ3v) is 2.85. The normalized spacial score (nSPS) is 10.7. The third-order valence-electron chi connectivity index (χ3n) is 2.64. The summed E-state index contributed by atoms with van der Waals surface area (Å²) in [4.78, 5) is 7.58. The van der Waals surface area contributed by atoms with Crippen LogP contribution in [-0.4, -0.2) is 16.1 Å². The number of H-pyrrole nitrogens is 1. The van der Waals surface area contributed by atoms with Crippen LogP contribution in [-0.2, 0) is 6.42 Å². The van der Waals surface area contributed by atoms with E-state index in [0.717, 1.165) is 29.3 Å². The number of hydrogen-bond acceptors (Lipinski definition) is 3. The molecule has 0 fully saturated rings. The van der Waals surface area contributed by atoms with Crippen molar-refractivity contribution < 1.29 is 4.74 Å². The third kappa shape index (κ3) is 3.64. The molecule has 0 saturated carbocycles. The van der Waals surface area contributed by atoms with E-state index in [1.54, 1.807) is 0 Å². The van der Waals surface area contributed by atoms with Gasteiger partial charge in [0, 0.05) is 17.7 Å². The summed E-state index contributed by atoms with van der Waals surface area (Å²) in [7, 11) is 0. The first-order valence-electron chi connectivity index (χ1n) is 6.46. The van der Waals surface area contributed by atoms with E-state index in [0.29, 0.717) is 4.64 Å². The molecule has 19 heavy (non-hydrogen) atoms. The van der Waals surface area contributed by atoms with E-state index in [-0.39, 0.29) is 6.10 Å². The number of ether oxygens (including phenoxy) is 1. The predicted octanol–water partition coefficient (Wildman–Crippen LogP) is 4.16. The van der Waals surface area contributed by atoms with Gasteiger partial charge in [-0.3, -0.25) is 0 Å². The van der Waals surface area contributed by atoms with E-state index in [2.05, 4.69) is 16.9 Å². The van der Waals surface area contributed by atoms with Crippen LogP contribution < -0.4 is 4.74 Å². The molecule has 0 radical (unpaired) electrons. The molecule has 1 heterocycles. The fourth-order valence-electron chi connectivity index (χ4n) is 1.84. The molecule has 1 aromatic heterocycles. The summed E-state index contributed by atoms with van der Waals surface area (Å²) in [5.74, 6) is 1.76. The van der Waals surface area contributed by atoms with Crippen molar-refractivity contribution in [1.29, 1.82) is 0 Å². The van der Waals surface area contributed by atoms with Gasteiger partial charge in [0.05, 0.1) is 6.10 Å². The molecule has 0 amide bonds. The largest absolute Gasteiger partial charge is 0.491 e. The van der Waals surface area contributed by atoms with Gasteiger partial charge in [0.25, 0.3) is 0 Å². The Morgan fingerprint density at radius 3 is 2.79 bits per heavy atom. The molecule has 0 unspecified atom stereocenters. The van der Waals surface area contributed by atoms with E-state index in [1.165, 1.54) is 0 Å². The Labute approximate surface area is 118 Å². The van der Waals surface area contributed by atoms with Crippen LogP contribution in [0.4, 0.5) is 0 Å². The topological polar surface area (TPSA) is 37.9 Å². The Morgan fingerprint density at radius 2 is 2.11 bits per heavy atom. The van der Waals surface area contributed by atoms with Gasteiger partial charge in [0.2, 0.25) is 0 Å². The number of nitrogens with one attached hydrogen (secondary N) is 1. The van der Waals surface area contributed by atoms with Crippen molar-refractivity contribution in [3.63, 3.8) is 0 Å². The molecule has 4 heteroatoms. The van der Waals surface area contributed by atoms with Gasteiger partial charge >= 0.3 is 0 Å². The summed E-state index contributed by atoms with van der Waals surface area (Å²) in [5, 5.41) is 0. The molecular formula is C15H18N2OS. The first-order valence-corrected chi connectivity index (χ1v) is 6.86. The van der Waals surface area contributed by atoms with E-state index in [9.17, 15) is 0 Å². The van der Waals surface area contributed by atoms with Crippen molar-refractivity contribution in [3.05, 3.63) is 40.8 Å². The van der Waals surface area contributed by atoms with Crippen molar-refractivity contribution in [3.8, 4) is 17.0 Å². The summed E-state index contributed by atoms with van der Waals surface area (Å²) < 4.78 is 6.32. The summed E-state index contributed by atoms with van der Waals surface area (Å²) in [6.07, 6.45) is 0.997. The van der Waals surface area contributed by atoms with Gasteiger partial charge < -0.3 is 9.72 Å². The van der Waals surface area contributed by atoms with Crippen LogP contribution in [0.2, 0.25) is 0 Å². The molecule has 0 aliphatic rings. The Bertz CT molecular complexity index is 620. The average molecular weight is 274 g/mol. The molecule has 1 N–H and O–H groups in total. The first kappa shape index (κ1) is 13.7. The van der Waals surface area contributed by atoms with Gasteiger partial charge in [-0.05, 0) is 32.0 Å². The van der Waals surface area contributed by atoms with Crippen molar-refractivity contribution in [2.24, 2.45) is 0 Å². The summed E-state index contributed by atoms with van der Waals surface area (Å²) in [6.45, 7) is 6.08. The van der Waals surface area contributed by atoms with E-state index in [4.69, 9.17) is 17.0 Å². The number of aromatic nitrogens is 2. The second kappa shape index (κ2) is 5.97. The molecule has 0 bridgehead atoms. The van der Waals surface area contributed by atoms with Gasteiger partial charge in [-0.1, -0.05) is 31.3 Å². The molecule has 2 rings (SSSR count). The lowest BCUT2D eigenvalue weighted by atomic mass is 10.1. The van der Waals surface area contributed by atoms with E-state index < -0.39 is 0 Å². The number of rotatable bonds is 4. The van der Waals surface area contributed by atoms with Crippen molar-refractivity contribution >= 4 is 12.2 Å². The Balaban J connectivity index is 2.41. The van der Waals surface area contributed by atoms with Crippen LogP contribution in [0.5, 0.6) is 5.75 Å². The highest BCUT2D eigenvalue weighted by atomic mass is 32.1. The lowest BCUT2D eigenvalue weighted by molar-refractivity contribution is 0.242. The predicted molar refractivity (Wildman–Crippen MR) is 80.0 cm³/mol. The van der Waals surface area contributed by atoms with Gasteiger partial charge in [-0.15, -0.1) is 0 Å². The van der Waals surface area contributed by atoms with E-state index >= 15 is 0 Å². The highest BCUT2D eigenvalue weighted by molar-refractivity contribution is 7.71. The molecule has 0 atom stereocenters. The van der Waals surface area contributed by atoms with Crippen LogP contribution in [0.15, 0.2) is 30.3 Å². The van der Waals surface area contributed by atoms with Crippen LogP contribution >= 0.6 is 12.2 Å². The maximum absolute atomic E-state index is 5.71. The molecular weight excluding hydrogens is 256 g/mol. The maximum atomic E-state index is 5.71. The molecule has 0 saturated heterocycles. The SMILES string of the molecule is CCc1nc(=S)cc(-c2cccc(OC(C)C)c2)[nH]1. The quantitative estimate of drug-likeness (QED) is 0.851. The first-order chi connectivity index (χ1) is 9.08. The van der Waals surface area contributed by atoms with Crippen LogP contribution in [0.1, 0.15) is 26.6 Å². The smallest absolute Gasteiger partial charge is 0.130 e. The zero-order valence-corrected chi connectivity index (χ0v) is 12.3. The standard InChI is InChI=1S/C15H18N2OS/c1-4-14-16-13(9-15(19)17-14)11-6-5-7-12(8-11)18-10(2)3/h5-10H,4H2,1-3H3,(H,16,17,19). The summed E-state index contributed by atoms with van der Waals surface area (Å²) in [5.41, 5.74) is 2.03. The van der Waals surface area contributed by atoms with Gasteiger partial charge in [-0.2, -0.15) is 0 Å². The van der Waals surface area contributed by atoms with Crippen molar-refractivity contribution in [2.45, 2.75) is 33.3 Å². The Morgan fingerprint density at radius 1 is 1.32 bits per heavy atom. The Hall–Kier alpha value is -1.68. The molecule has 0 spiro atoms. The summed E-state index contributed by atoms with van der Waals surface area (Å²) >= 11 is 5.19. The number of aromatic amines is 1. The monoisotopic (exact) mass is 274 g/mol. The van der Waals surface area contributed by atoms with Gasteiger partial charge in [-0.25, -0.2) is 4.98 Å². The lowest BCUT2D eigenvalue weighted by Crippen LogP contribution is -2.05. The Kier molecular flexibility index (Phi) is 4.32. The second-order valence-corrected chi connectivity index (χ2v) is 5.05. The molecule has 0 aliphatic heterocycles. The maximum Gasteiger partial charge on any atom is 0.130 e. The molecule has 3 nitrogen and oxygen atoms in total. The molecule has 100 valence electrons. The van der Waals surface area contributed by atoms with Crippen LogP contribution in [0, 0.1) is 4.64 Å². The zero-order chi connectivity index (χ0) is 13.8. The highest BCUT2D eigenvalue weighted by Crippen LogP contribution is 2.23. The lowest BCUT2D eigenvalue weighted by Gasteiger charge is -2.11. The number of hydrogen-bond donors (Lipinski definition) is 1. The number of benzene rings is 1. The van der Waals surface area contributed by atoms with Gasteiger partial charge in [0.15, 0.2) is 0 Å². The minimum absolute atomic E-state index is 0.164. The van der Waals surface area contributed by atoms with E-state index in [1.807, 2.05) is 44.2 Å². The van der Waals surface area contributed by atoms with Crippen LogP contribution in [0.25, 0.3) is 11.3 Å². The van der Waals surface area contributed by atoms with Crippen LogP contribution in [0.3, 0.4) is 0 Å². The number of aryl methyl sites for hydroxylation is 1. The fourth-order valence-corrected chi connectivity index (χ4v) is 2.07. The zero-order valence-electron chi connectivity index (χ0n) is 11.4. The average Bonchev–Trinajstić information content (AvgIpc) is 2.37. The van der Waals surface area contributed by atoms with Gasteiger partial charge in [0.1, 0.15) is 16.2 Å². The van der Waals surface area contributed by atoms with Crippen molar-refractivity contribution in [1.82, 2.24) is 9.97 Å². The minimum Gasteiger partial charge on any atom is -0.491 e. The molecule has 1 aromatic carbocycles. The minimum atomic E-state index is 0.164. The summed E-state index contributed by atoms with van der Waals surface area (Å²) in [6, 6.07) is 9.87. The van der Waals surface area contributed by atoms with Crippen molar-refractivity contribution in [2.75, 3.05) is 0 Å². The highest BCUT2D eigenvalue weighted by Gasteiger charge is 2.04. The molecule has 2 aromatic rings. The second-order valence-electron chi connectivity index (χ2n) is 4.63. The number of nitrogens with zero attached hydrogens (tertiary/aromatic N) is 1.